The number of esters is 1. The van der Waals surface area contributed by atoms with Crippen LogP contribution < -0.4 is 5.32 Å². The number of benzene rings is 3. The highest BCUT2D eigenvalue weighted by Gasteiger charge is 2.25. The number of carbonyl (C=O) groups excluding carboxylic acids is 2. The van der Waals surface area contributed by atoms with Gasteiger partial charge in [-0.25, -0.2) is 9.18 Å². The summed E-state index contributed by atoms with van der Waals surface area (Å²) in [5.74, 6) is -1.04. The lowest BCUT2D eigenvalue weighted by atomic mass is 10.0. The van der Waals surface area contributed by atoms with Gasteiger partial charge in [0.1, 0.15) is 5.82 Å². The summed E-state index contributed by atoms with van der Waals surface area (Å²) in [7, 11) is 0. The Morgan fingerprint density at radius 1 is 1.07 bits per heavy atom. The van der Waals surface area contributed by atoms with Gasteiger partial charge in [-0.1, -0.05) is 35.9 Å². The van der Waals surface area contributed by atoms with E-state index in [1.54, 1.807) is 54.6 Å². The second-order valence-corrected chi connectivity index (χ2v) is 8.67. The molecule has 1 aliphatic rings. The molecule has 152 valence electrons. The normalized spacial score (nSPS) is 16.4. The minimum absolute atomic E-state index is 0.108. The Bertz CT molecular complexity index is 1060. The number of nitrogens with one attached hydrogen (secondary N) is 1. The van der Waals surface area contributed by atoms with Gasteiger partial charge in [0.05, 0.1) is 16.5 Å². The Hall–Kier alpha value is -2.83. The molecule has 1 aliphatic heterocycles. The zero-order chi connectivity index (χ0) is 21.3. The Balaban J connectivity index is 1.63. The number of hydrogen-bond donors (Lipinski definition) is 1. The minimum Gasteiger partial charge on any atom is -0.449 e. The van der Waals surface area contributed by atoms with Gasteiger partial charge in [0.2, 0.25) is 5.91 Å². The van der Waals surface area contributed by atoms with E-state index in [1.807, 2.05) is 6.92 Å². The highest BCUT2D eigenvalue weighted by Crippen LogP contribution is 2.36. The quantitative estimate of drug-likeness (QED) is 0.515. The Kier molecular flexibility index (Phi) is 5.79. The minimum atomic E-state index is -0.740. The van der Waals surface area contributed by atoms with Crippen molar-refractivity contribution in [1.29, 1.82) is 0 Å². The highest BCUT2D eigenvalue weighted by atomic mass is 35.5. The van der Waals surface area contributed by atoms with Gasteiger partial charge in [-0.3, -0.25) is 4.79 Å². The second kappa shape index (κ2) is 8.50. The largest absolute Gasteiger partial charge is 0.449 e. The molecule has 1 amide bonds. The number of anilines is 1. The van der Waals surface area contributed by atoms with E-state index in [4.69, 9.17) is 16.3 Å². The highest BCUT2D eigenvalue weighted by molar-refractivity contribution is 8.00. The van der Waals surface area contributed by atoms with Gasteiger partial charge < -0.3 is 10.1 Å². The summed E-state index contributed by atoms with van der Waals surface area (Å²) in [5, 5.41) is 3.17. The van der Waals surface area contributed by atoms with Crippen molar-refractivity contribution in [2.45, 2.75) is 23.2 Å². The molecule has 2 atom stereocenters. The average Bonchev–Trinajstić information content (AvgIpc) is 2.74. The van der Waals surface area contributed by atoms with Gasteiger partial charge in [0.25, 0.3) is 0 Å². The maximum atomic E-state index is 13.4. The summed E-state index contributed by atoms with van der Waals surface area (Å²) in [6.45, 7) is 1.82. The number of thioether (sulfide) groups is 1. The van der Waals surface area contributed by atoms with Crippen LogP contribution in [-0.4, -0.2) is 17.1 Å². The fourth-order valence-electron chi connectivity index (χ4n) is 3.11. The number of fused-ring (bicyclic) bond motifs is 1. The van der Waals surface area contributed by atoms with Crippen LogP contribution >= 0.6 is 23.4 Å². The molecular formula is C23H17ClFNO3S. The molecule has 3 aromatic rings. The molecular weight excluding hydrogens is 425 g/mol. The molecule has 2 unspecified atom stereocenters. The van der Waals surface area contributed by atoms with E-state index in [9.17, 15) is 14.0 Å². The van der Waals surface area contributed by atoms with Gasteiger partial charge in [-0.05, 0) is 60.5 Å². The van der Waals surface area contributed by atoms with E-state index in [0.717, 1.165) is 4.90 Å². The van der Waals surface area contributed by atoms with Crippen LogP contribution in [-0.2, 0) is 9.53 Å². The molecule has 0 saturated carbocycles. The maximum Gasteiger partial charge on any atom is 0.339 e. The van der Waals surface area contributed by atoms with Crippen molar-refractivity contribution in [1.82, 2.24) is 0 Å². The Morgan fingerprint density at radius 3 is 2.37 bits per heavy atom. The van der Waals surface area contributed by atoms with E-state index < -0.39 is 12.1 Å². The summed E-state index contributed by atoms with van der Waals surface area (Å²) in [6.07, 6.45) is -0.740. The van der Waals surface area contributed by atoms with Crippen molar-refractivity contribution in [3.05, 3.63) is 94.3 Å². The molecule has 0 aliphatic carbocycles. The molecule has 0 bridgehead atoms. The summed E-state index contributed by atoms with van der Waals surface area (Å²) in [5.41, 5.74) is 2.23. The van der Waals surface area contributed by atoms with E-state index in [-0.39, 0.29) is 17.0 Å². The molecule has 0 saturated heterocycles. The molecule has 7 heteroatoms. The van der Waals surface area contributed by atoms with E-state index in [0.29, 0.717) is 27.4 Å². The van der Waals surface area contributed by atoms with Gasteiger partial charge in [-0.2, -0.15) is 0 Å². The molecule has 4 nitrogen and oxygen atoms in total. The van der Waals surface area contributed by atoms with Crippen LogP contribution in [0.3, 0.4) is 0 Å². The third-order valence-corrected chi connectivity index (χ3v) is 6.15. The zero-order valence-corrected chi connectivity index (χ0v) is 17.5. The van der Waals surface area contributed by atoms with Crippen LogP contribution in [0.1, 0.15) is 34.5 Å². The number of ether oxygens (including phenoxy) is 1. The predicted molar refractivity (Wildman–Crippen MR) is 116 cm³/mol. The van der Waals surface area contributed by atoms with E-state index in [1.165, 1.54) is 23.9 Å². The first-order valence-electron chi connectivity index (χ1n) is 9.24. The van der Waals surface area contributed by atoms with Crippen LogP contribution in [0.4, 0.5) is 10.1 Å². The van der Waals surface area contributed by atoms with Crippen LogP contribution in [0.5, 0.6) is 0 Å². The second-order valence-electron chi connectivity index (χ2n) is 6.85. The first kappa shape index (κ1) is 20.4. The van der Waals surface area contributed by atoms with Gasteiger partial charge in [0.15, 0.2) is 6.10 Å². The molecule has 0 aromatic heterocycles. The van der Waals surface area contributed by atoms with Gasteiger partial charge in [-0.15, -0.1) is 11.8 Å². The molecule has 0 radical (unpaired) electrons. The summed E-state index contributed by atoms with van der Waals surface area (Å²) < 4.78 is 19.2. The van der Waals surface area contributed by atoms with Crippen molar-refractivity contribution in [3.63, 3.8) is 0 Å². The predicted octanol–water partition coefficient (Wildman–Crippen LogP) is 5.86. The average molecular weight is 442 g/mol. The number of carbonyl (C=O) groups is 2. The fraction of sp³-hybridized carbons (Fsp3) is 0.130. The van der Waals surface area contributed by atoms with Crippen molar-refractivity contribution in [3.8, 4) is 0 Å². The lowest BCUT2D eigenvalue weighted by Crippen LogP contribution is -2.26. The summed E-state index contributed by atoms with van der Waals surface area (Å²) in [4.78, 5) is 25.8. The molecule has 1 N–H and O–H groups in total. The monoisotopic (exact) mass is 441 g/mol. The summed E-state index contributed by atoms with van der Waals surface area (Å²) >= 11 is 7.42. The van der Waals surface area contributed by atoms with Crippen LogP contribution in [0.15, 0.2) is 71.6 Å². The standard InChI is InChI=1S/C23H17ClFNO3S/c1-13-22(27)26-19-12-16(6-11-20(19)30-13)23(28)29-21(14-2-7-17(24)8-3-14)15-4-9-18(25)10-5-15/h2-13,21H,1H3,(H,26,27). The Morgan fingerprint density at radius 2 is 1.70 bits per heavy atom. The lowest BCUT2D eigenvalue weighted by Gasteiger charge is -2.22. The topological polar surface area (TPSA) is 55.4 Å². The molecule has 30 heavy (non-hydrogen) atoms. The Labute approximate surface area is 182 Å². The molecule has 3 aromatic carbocycles. The van der Waals surface area contributed by atoms with Crippen molar-refractivity contribution >= 4 is 40.9 Å². The van der Waals surface area contributed by atoms with E-state index >= 15 is 0 Å². The molecule has 0 spiro atoms. The van der Waals surface area contributed by atoms with Crippen molar-refractivity contribution < 1.29 is 18.7 Å². The first-order valence-corrected chi connectivity index (χ1v) is 10.5. The van der Waals surface area contributed by atoms with Crippen molar-refractivity contribution in [2.75, 3.05) is 5.32 Å². The number of halogens is 2. The SMILES string of the molecule is CC1Sc2ccc(C(=O)OC(c3ccc(F)cc3)c3ccc(Cl)cc3)cc2NC1=O. The number of hydrogen-bond acceptors (Lipinski definition) is 4. The third kappa shape index (κ3) is 4.35. The van der Waals surface area contributed by atoms with Crippen LogP contribution in [0.25, 0.3) is 0 Å². The first-order chi connectivity index (χ1) is 14.4. The third-order valence-electron chi connectivity index (χ3n) is 4.72. The van der Waals surface area contributed by atoms with E-state index in [2.05, 4.69) is 5.32 Å². The van der Waals surface area contributed by atoms with Gasteiger partial charge in [0, 0.05) is 9.92 Å². The van der Waals surface area contributed by atoms with Gasteiger partial charge >= 0.3 is 5.97 Å². The van der Waals surface area contributed by atoms with Crippen molar-refractivity contribution in [2.24, 2.45) is 0 Å². The lowest BCUT2D eigenvalue weighted by molar-refractivity contribution is -0.115. The molecule has 4 rings (SSSR count). The smallest absolute Gasteiger partial charge is 0.339 e. The van der Waals surface area contributed by atoms with Crippen LogP contribution in [0, 0.1) is 5.82 Å². The fourth-order valence-corrected chi connectivity index (χ4v) is 4.17. The number of rotatable bonds is 4. The van der Waals surface area contributed by atoms with Crippen LogP contribution in [0.2, 0.25) is 5.02 Å². The maximum absolute atomic E-state index is 13.4. The number of amides is 1. The summed E-state index contributed by atoms with van der Waals surface area (Å²) in [6, 6.07) is 17.8. The molecule has 0 fully saturated rings. The zero-order valence-electron chi connectivity index (χ0n) is 15.9. The molecule has 1 heterocycles.